The normalized spacial score (nSPS) is 17.0. The number of azide groups is 1. The highest BCUT2D eigenvalue weighted by molar-refractivity contribution is 9.10. The maximum Gasteiger partial charge on any atom is 0.266 e. The van der Waals surface area contributed by atoms with Crippen molar-refractivity contribution in [3.8, 4) is 5.75 Å². The van der Waals surface area contributed by atoms with Crippen LogP contribution in [0.3, 0.4) is 0 Å². The van der Waals surface area contributed by atoms with Gasteiger partial charge in [-0.25, -0.2) is 10.4 Å². The lowest BCUT2D eigenvalue weighted by Crippen LogP contribution is -2.54. The molecule has 236 valence electrons. The van der Waals surface area contributed by atoms with Gasteiger partial charge in [0.15, 0.2) is 11.6 Å². The first-order chi connectivity index (χ1) is 22.4. The van der Waals surface area contributed by atoms with Gasteiger partial charge in [0.2, 0.25) is 5.90 Å². The van der Waals surface area contributed by atoms with Crippen LogP contribution in [-0.2, 0) is 22.4 Å². The van der Waals surface area contributed by atoms with Crippen LogP contribution in [0.4, 0.5) is 5.69 Å². The van der Waals surface area contributed by atoms with E-state index >= 15 is 0 Å². The lowest BCUT2D eigenvalue weighted by molar-refractivity contribution is -0.130. The summed E-state index contributed by atoms with van der Waals surface area (Å²) in [6.07, 6.45) is 0.511. The van der Waals surface area contributed by atoms with Crippen molar-refractivity contribution in [2.45, 2.75) is 37.8 Å². The van der Waals surface area contributed by atoms with Gasteiger partial charge in [-0.3, -0.25) is 10.2 Å². The zero-order valence-electron chi connectivity index (χ0n) is 25.4. The molecule has 1 aliphatic heterocycles. The number of nitrogens with zero attached hydrogens (tertiary/aromatic N) is 4. The number of ether oxygens (including phenoxy) is 2. The zero-order chi connectivity index (χ0) is 32.4. The van der Waals surface area contributed by atoms with Crippen LogP contribution in [0.1, 0.15) is 40.3 Å². The standard InChI is InChI=1S/C35H35BrN6O4/c1-24-7-9-25(10-8-24)19-20-38-41-34(44)35(23-26-11-15-28(36)16-12-26)32(30-5-2-3-6-31(30)40-42-37)46-33(39-35)27-13-17-29(18-14-27)45-22-4-21-43/h2-3,5-18,32,38,43H,4,19-23H2,1H3,(H,41,44)/t32-,35-/m0/s1. The second kappa shape index (κ2) is 15.6. The van der Waals surface area contributed by atoms with Crippen molar-refractivity contribution in [1.82, 2.24) is 10.9 Å². The summed E-state index contributed by atoms with van der Waals surface area (Å²) >= 11 is 3.50. The first kappa shape index (κ1) is 32.7. The Hall–Kier alpha value is -4.67. The van der Waals surface area contributed by atoms with E-state index in [0.717, 1.165) is 15.6 Å². The summed E-state index contributed by atoms with van der Waals surface area (Å²) in [5.74, 6) is 0.520. The molecule has 3 N–H and O–H groups in total. The highest BCUT2D eigenvalue weighted by Crippen LogP contribution is 2.45. The van der Waals surface area contributed by atoms with E-state index in [9.17, 15) is 10.3 Å². The van der Waals surface area contributed by atoms with Crippen molar-refractivity contribution >= 4 is 33.4 Å². The van der Waals surface area contributed by atoms with Crippen LogP contribution >= 0.6 is 15.9 Å². The summed E-state index contributed by atoms with van der Waals surface area (Å²) in [7, 11) is 0. The summed E-state index contributed by atoms with van der Waals surface area (Å²) in [6.45, 7) is 2.98. The average molecular weight is 684 g/mol. The molecule has 46 heavy (non-hydrogen) atoms. The number of rotatable bonds is 14. The molecule has 0 saturated carbocycles. The number of hydrogen-bond acceptors (Lipinski definition) is 7. The third-order valence-corrected chi connectivity index (χ3v) is 8.18. The van der Waals surface area contributed by atoms with Crippen molar-refractivity contribution in [3.05, 3.63) is 140 Å². The molecule has 0 unspecified atom stereocenters. The highest BCUT2D eigenvalue weighted by Gasteiger charge is 2.54. The van der Waals surface area contributed by atoms with Gasteiger partial charge < -0.3 is 14.6 Å². The van der Waals surface area contributed by atoms with Crippen molar-refractivity contribution < 1.29 is 19.4 Å². The summed E-state index contributed by atoms with van der Waals surface area (Å²) in [6, 6.07) is 30.3. The molecular weight excluding hydrogens is 648 g/mol. The molecule has 4 aromatic rings. The molecule has 1 heterocycles. The summed E-state index contributed by atoms with van der Waals surface area (Å²) in [5, 5.41) is 13.0. The molecule has 0 spiro atoms. The minimum absolute atomic E-state index is 0.0464. The minimum atomic E-state index is -1.47. The SMILES string of the molecule is Cc1ccc(CCNNC(=O)[C@@]2(Cc3ccc(Br)cc3)N=C(c3ccc(OCCCO)cc3)O[C@H]2c2ccccc2N=[N+]=[N-])cc1. The van der Waals surface area contributed by atoms with Gasteiger partial charge in [0, 0.05) is 52.2 Å². The number of carbonyl (C=O) groups is 1. The van der Waals surface area contributed by atoms with Gasteiger partial charge >= 0.3 is 0 Å². The van der Waals surface area contributed by atoms with Gasteiger partial charge in [-0.15, -0.1) is 0 Å². The first-order valence-corrected chi connectivity index (χ1v) is 15.8. The number of carbonyl (C=O) groups excluding carboxylic acids is 1. The Balaban J connectivity index is 1.51. The molecule has 0 fully saturated rings. The first-order valence-electron chi connectivity index (χ1n) is 15.0. The average Bonchev–Trinajstić information content (AvgIpc) is 3.46. The van der Waals surface area contributed by atoms with Crippen LogP contribution in [0.5, 0.6) is 5.75 Å². The van der Waals surface area contributed by atoms with E-state index in [0.29, 0.717) is 48.6 Å². The van der Waals surface area contributed by atoms with E-state index in [-0.39, 0.29) is 24.8 Å². The second-order valence-electron chi connectivity index (χ2n) is 11.0. The minimum Gasteiger partial charge on any atom is -0.494 e. The fraction of sp³-hybridized carbons (Fsp3) is 0.257. The van der Waals surface area contributed by atoms with Crippen LogP contribution in [-0.4, -0.2) is 42.2 Å². The Morgan fingerprint density at radius 1 is 1.04 bits per heavy atom. The number of nitrogens with one attached hydrogen (secondary N) is 2. The fourth-order valence-corrected chi connectivity index (χ4v) is 5.50. The molecule has 11 heteroatoms. The van der Waals surface area contributed by atoms with Crippen LogP contribution in [0, 0.1) is 6.92 Å². The number of hydrazine groups is 1. The predicted octanol–water partition coefficient (Wildman–Crippen LogP) is 6.82. The van der Waals surface area contributed by atoms with Crippen molar-refractivity contribution in [3.63, 3.8) is 0 Å². The topological polar surface area (TPSA) is 141 Å². The molecule has 0 radical (unpaired) electrons. The molecule has 0 aliphatic carbocycles. The Bertz CT molecular complexity index is 1710. The number of halogens is 1. The molecule has 1 aliphatic rings. The van der Waals surface area contributed by atoms with E-state index in [1.54, 1.807) is 30.3 Å². The quantitative estimate of drug-likeness (QED) is 0.0440. The number of aliphatic hydroxyl groups excluding tert-OH is 1. The van der Waals surface area contributed by atoms with Gasteiger partial charge in [-0.1, -0.05) is 87.3 Å². The molecule has 0 aromatic heterocycles. The molecule has 2 atom stereocenters. The van der Waals surface area contributed by atoms with E-state index in [1.807, 2.05) is 49.4 Å². The summed E-state index contributed by atoms with van der Waals surface area (Å²) < 4.78 is 13.2. The molecule has 4 aromatic carbocycles. The second-order valence-corrected chi connectivity index (χ2v) is 11.9. The van der Waals surface area contributed by atoms with Crippen LogP contribution in [0.25, 0.3) is 10.4 Å². The van der Waals surface area contributed by atoms with Crippen molar-refractivity contribution in [2.24, 2.45) is 10.1 Å². The lowest BCUT2D eigenvalue weighted by atomic mass is 9.81. The highest BCUT2D eigenvalue weighted by atomic mass is 79.9. The number of amides is 1. The van der Waals surface area contributed by atoms with Crippen molar-refractivity contribution in [1.29, 1.82) is 0 Å². The van der Waals surface area contributed by atoms with E-state index in [1.165, 1.54) is 5.56 Å². The number of benzene rings is 4. The van der Waals surface area contributed by atoms with Gasteiger partial charge in [0.25, 0.3) is 5.91 Å². The third-order valence-electron chi connectivity index (χ3n) is 7.65. The molecule has 0 bridgehead atoms. The number of aliphatic imine (C=N–C) groups is 1. The van der Waals surface area contributed by atoms with Gasteiger partial charge in [0.05, 0.1) is 6.61 Å². The molecular formula is C35H35BrN6O4. The van der Waals surface area contributed by atoms with Crippen LogP contribution in [0.2, 0.25) is 0 Å². The number of aliphatic hydroxyl groups is 1. The largest absolute Gasteiger partial charge is 0.494 e. The van der Waals surface area contributed by atoms with E-state index < -0.39 is 11.6 Å². The zero-order valence-corrected chi connectivity index (χ0v) is 27.0. The smallest absolute Gasteiger partial charge is 0.266 e. The van der Waals surface area contributed by atoms with E-state index in [2.05, 4.69) is 61.1 Å². The van der Waals surface area contributed by atoms with Gasteiger partial charge in [0.1, 0.15) is 5.75 Å². The summed E-state index contributed by atoms with van der Waals surface area (Å²) in [4.78, 5) is 22.5. The van der Waals surface area contributed by atoms with Gasteiger partial charge in [-0.05, 0) is 66.4 Å². The molecule has 0 saturated heterocycles. The fourth-order valence-electron chi connectivity index (χ4n) is 5.23. The number of hydrogen-bond donors (Lipinski definition) is 3. The van der Waals surface area contributed by atoms with Gasteiger partial charge in [-0.2, -0.15) is 0 Å². The molecule has 10 nitrogen and oxygen atoms in total. The molecule has 1 amide bonds. The Morgan fingerprint density at radius 3 is 2.48 bits per heavy atom. The Morgan fingerprint density at radius 2 is 1.76 bits per heavy atom. The predicted molar refractivity (Wildman–Crippen MR) is 181 cm³/mol. The van der Waals surface area contributed by atoms with Crippen LogP contribution < -0.4 is 15.6 Å². The third kappa shape index (κ3) is 7.94. The maximum absolute atomic E-state index is 14.4. The van der Waals surface area contributed by atoms with Crippen LogP contribution in [0.15, 0.2) is 112 Å². The Kier molecular flexibility index (Phi) is 11.1. The maximum atomic E-state index is 14.4. The molecule has 5 rings (SSSR count). The van der Waals surface area contributed by atoms with E-state index in [4.69, 9.17) is 19.6 Å². The number of aryl methyl sites for hydroxylation is 1. The lowest BCUT2D eigenvalue weighted by Gasteiger charge is -2.31. The summed E-state index contributed by atoms with van der Waals surface area (Å²) in [5.41, 5.74) is 18.6. The monoisotopic (exact) mass is 682 g/mol. The Labute approximate surface area is 276 Å². The van der Waals surface area contributed by atoms with Crippen molar-refractivity contribution in [2.75, 3.05) is 19.8 Å².